The van der Waals surface area contributed by atoms with Crippen molar-refractivity contribution in [2.24, 2.45) is 0 Å². The van der Waals surface area contributed by atoms with Crippen LogP contribution in [0, 0.1) is 13.8 Å². The molecule has 7 N–H and O–H groups in total. The molecule has 1 aliphatic carbocycles. The standard InChI is InChI=1S/C24H39N3O7/c1-12-6-7-15(13(2)8-12)10-27-11-23(30)9-14(3)32-22-24(23,31)34-20-17(26-5)18(28)16(25-4)19(29)21(20)33-22/h6-8,14,16-22,25-31H,9-11H2,1-5H3/t14-,16-,17+,18+,19+,20-,21-,22+,23-,24-/m1/s1. The highest BCUT2D eigenvalue weighted by Gasteiger charge is 2.68. The van der Waals surface area contributed by atoms with Gasteiger partial charge < -0.3 is 50.6 Å². The number of nitrogens with one attached hydrogen (secondary N) is 3. The minimum Gasteiger partial charge on any atom is -0.390 e. The average molecular weight is 482 g/mol. The topological polar surface area (TPSA) is 145 Å². The molecule has 1 aromatic rings. The molecule has 0 radical (unpaired) electrons. The highest BCUT2D eigenvalue weighted by Crippen LogP contribution is 2.46. The van der Waals surface area contributed by atoms with Crippen LogP contribution in [0.25, 0.3) is 0 Å². The maximum atomic E-state index is 11.7. The van der Waals surface area contributed by atoms with Crippen molar-refractivity contribution < 1.29 is 34.6 Å². The molecule has 0 unspecified atom stereocenters. The lowest BCUT2D eigenvalue weighted by Gasteiger charge is -2.60. The van der Waals surface area contributed by atoms with Crippen molar-refractivity contribution in [1.82, 2.24) is 16.0 Å². The Labute approximate surface area is 200 Å². The van der Waals surface area contributed by atoms with Crippen molar-refractivity contribution in [2.45, 2.75) is 94.0 Å². The van der Waals surface area contributed by atoms with E-state index >= 15 is 0 Å². The predicted octanol–water partition coefficient (Wildman–Crippen LogP) is -1.36. The van der Waals surface area contributed by atoms with Crippen molar-refractivity contribution in [3.8, 4) is 0 Å². The SMILES string of the molecule is CN[C@@H]1[C@H](O)[C@H](NC)[C@H]2O[C@]3(O)[C@H](O[C@@H]2[C@H]1O)O[C@H](C)C[C@@]3(O)CNCc1ccc(C)cc1C. The molecule has 0 aromatic heterocycles. The van der Waals surface area contributed by atoms with E-state index in [0.717, 1.165) is 11.1 Å². The maximum Gasteiger partial charge on any atom is 0.249 e. The fraction of sp³-hybridized carbons (Fsp3) is 0.750. The van der Waals surface area contributed by atoms with E-state index in [1.165, 1.54) is 5.56 Å². The summed E-state index contributed by atoms with van der Waals surface area (Å²) < 4.78 is 18.0. The second-order valence-corrected chi connectivity index (χ2v) is 10.0. The normalized spacial score (nSPS) is 44.4. The zero-order valence-electron chi connectivity index (χ0n) is 20.5. The molecule has 0 amide bonds. The van der Waals surface area contributed by atoms with Crippen molar-refractivity contribution in [3.05, 3.63) is 34.9 Å². The minimum atomic E-state index is -2.21. The molecular weight excluding hydrogens is 442 g/mol. The number of hydrogen-bond acceptors (Lipinski definition) is 10. The lowest BCUT2D eigenvalue weighted by Crippen LogP contribution is -2.81. The summed E-state index contributed by atoms with van der Waals surface area (Å²) in [6.45, 7) is 6.38. The van der Waals surface area contributed by atoms with E-state index in [4.69, 9.17) is 14.2 Å². The number of hydrogen-bond donors (Lipinski definition) is 7. The van der Waals surface area contributed by atoms with Gasteiger partial charge in [0.2, 0.25) is 12.1 Å². The molecule has 2 saturated heterocycles. The van der Waals surface area contributed by atoms with Crippen LogP contribution in [0.15, 0.2) is 18.2 Å². The Balaban J connectivity index is 1.57. The highest BCUT2D eigenvalue weighted by atomic mass is 16.8. The van der Waals surface area contributed by atoms with Crippen molar-refractivity contribution in [3.63, 3.8) is 0 Å². The molecule has 0 spiro atoms. The Morgan fingerprint density at radius 2 is 1.71 bits per heavy atom. The average Bonchev–Trinajstić information content (AvgIpc) is 2.76. The van der Waals surface area contributed by atoms with Crippen LogP contribution >= 0.6 is 0 Å². The van der Waals surface area contributed by atoms with E-state index in [9.17, 15) is 20.4 Å². The van der Waals surface area contributed by atoms with Gasteiger partial charge in [-0.25, -0.2) is 0 Å². The first-order chi connectivity index (χ1) is 16.0. The summed E-state index contributed by atoms with van der Waals surface area (Å²) in [4.78, 5) is 0. The van der Waals surface area contributed by atoms with Gasteiger partial charge in [-0.3, -0.25) is 0 Å². The fourth-order valence-electron chi connectivity index (χ4n) is 5.68. The number of ether oxygens (including phenoxy) is 3. The molecule has 10 nitrogen and oxygen atoms in total. The molecule has 10 atom stereocenters. The van der Waals surface area contributed by atoms with Crippen LogP contribution in [-0.4, -0.2) is 101 Å². The number of aliphatic hydroxyl groups excluding tert-OH is 2. The van der Waals surface area contributed by atoms with E-state index in [0.29, 0.717) is 6.54 Å². The highest BCUT2D eigenvalue weighted by molar-refractivity contribution is 5.30. The summed E-state index contributed by atoms with van der Waals surface area (Å²) in [5.74, 6) is -2.21. The lowest BCUT2D eigenvalue weighted by molar-refractivity contribution is -0.482. The van der Waals surface area contributed by atoms with Crippen LogP contribution in [0.3, 0.4) is 0 Å². The molecule has 1 aromatic carbocycles. The van der Waals surface area contributed by atoms with Crippen molar-refractivity contribution in [1.29, 1.82) is 0 Å². The van der Waals surface area contributed by atoms with Gasteiger partial charge in [0.25, 0.3) is 0 Å². The zero-order valence-corrected chi connectivity index (χ0v) is 20.5. The van der Waals surface area contributed by atoms with Gasteiger partial charge in [0, 0.05) is 19.5 Å². The number of aryl methyl sites for hydroxylation is 2. The van der Waals surface area contributed by atoms with E-state index in [1.54, 1.807) is 21.0 Å². The number of aliphatic hydroxyl groups is 4. The molecule has 2 aliphatic heterocycles. The van der Waals surface area contributed by atoms with E-state index in [2.05, 4.69) is 22.0 Å². The first-order valence-corrected chi connectivity index (χ1v) is 12.0. The van der Waals surface area contributed by atoms with Gasteiger partial charge in [0.1, 0.15) is 23.9 Å². The summed E-state index contributed by atoms with van der Waals surface area (Å²) in [6, 6.07) is 4.83. The van der Waals surface area contributed by atoms with Crippen LogP contribution < -0.4 is 16.0 Å². The first-order valence-electron chi connectivity index (χ1n) is 12.0. The van der Waals surface area contributed by atoms with Gasteiger partial charge in [-0.2, -0.15) is 0 Å². The zero-order chi connectivity index (χ0) is 24.8. The molecule has 10 heteroatoms. The molecule has 3 fully saturated rings. The Hall–Kier alpha value is -1.18. The molecule has 0 bridgehead atoms. The lowest BCUT2D eigenvalue weighted by atomic mass is 9.77. The second-order valence-electron chi connectivity index (χ2n) is 10.0. The molecule has 3 aliphatic rings. The number of rotatable bonds is 6. The molecule has 1 saturated carbocycles. The molecule has 192 valence electrons. The third-order valence-corrected chi connectivity index (χ3v) is 7.58. The first kappa shape index (κ1) is 25.9. The minimum absolute atomic E-state index is 0.0240. The summed E-state index contributed by atoms with van der Waals surface area (Å²) in [5, 5.41) is 54.2. The predicted molar refractivity (Wildman–Crippen MR) is 124 cm³/mol. The van der Waals surface area contributed by atoms with Crippen LogP contribution in [-0.2, 0) is 20.8 Å². The largest absolute Gasteiger partial charge is 0.390 e. The van der Waals surface area contributed by atoms with Gasteiger partial charge in [-0.15, -0.1) is 0 Å². The Bertz CT molecular complexity index is 875. The van der Waals surface area contributed by atoms with Crippen LogP contribution in [0.2, 0.25) is 0 Å². The molecule has 2 heterocycles. The molecular formula is C24H39N3O7. The maximum absolute atomic E-state index is 11.7. The molecule has 4 rings (SSSR count). The number of likely N-dealkylation sites (N-methyl/N-ethyl adjacent to an activating group) is 2. The number of fused-ring (bicyclic) bond motifs is 2. The van der Waals surface area contributed by atoms with E-state index < -0.39 is 60.3 Å². The number of benzene rings is 1. The van der Waals surface area contributed by atoms with E-state index in [-0.39, 0.29) is 13.0 Å². The van der Waals surface area contributed by atoms with Gasteiger partial charge in [0.15, 0.2) is 0 Å². The molecule has 34 heavy (non-hydrogen) atoms. The van der Waals surface area contributed by atoms with Crippen LogP contribution in [0.4, 0.5) is 0 Å². The van der Waals surface area contributed by atoms with Crippen molar-refractivity contribution in [2.75, 3.05) is 20.6 Å². The van der Waals surface area contributed by atoms with Gasteiger partial charge in [-0.05, 0) is 46.0 Å². The third-order valence-electron chi connectivity index (χ3n) is 7.58. The van der Waals surface area contributed by atoms with Gasteiger partial charge >= 0.3 is 0 Å². The van der Waals surface area contributed by atoms with Crippen LogP contribution in [0.1, 0.15) is 30.0 Å². The summed E-state index contributed by atoms with van der Waals surface area (Å²) in [7, 11) is 3.30. The quantitative estimate of drug-likeness (QED) is 0.260. The monoisotopic (exact) mass is 481 g/mol. The summed E-state index contributed by atoms with van der Waals surface area (Å²) >= 11 is 0. The van der Waals surface area contributed by atoms with Crippen LogP contribution in [0.5, 0.6) is 0 Å². The summed E-state index contributed by atoms with van der Waals surface area (Å²) in [5.41, 5.74) is 1.66. The fourth-order valence-corrected chi connectivity index (χ4v) is 5.68. The second kappa shape index (κ2) is 9.70. The Morgan fingerprint density at radius 3 is 2.35 bits per heavy atom. The van der Waals surface area contributed by atoms with Gasteiger partial charge in [0.05, 0.1) is 24.3 Å². The Kier molecular flexibility index (Phi) is 7.39. The van der Waals surface area contributed by atoms with Gasteiger partial charge in [-0.1, -0.05) is 23.8 Å². The summed E-state index contributed by atoms with van der Waals surface area (Å²) in [6.07, 6.45) is -5.58. The Morgan fingerprint density at radius 1 is 1.00 bits per heavy atom. The third kappa shape index (κ3) is 4.30. The van der Waals surface area contributed by atoms with Crippen molar-refractivity contribution >= 4 is 0 Å². The van der Waals surface area contributed by atoms with E-state index in [1.807, 2.05) is 26.0 Å². The smallest absolute Gasteiger partial charge is 0.249 e.